The van der Waals surface area contributed by atoms with Crippen molar-refractivity contribution >= 4 is 0 Å². The molecule has 2 saturated heterocycles. The van der Waals surface area contributed by atoms with Crippen molar-refractivity contribution in [2.45, 2.75) is 39.5 Å². The monoisotopic (exact) mass is 227 g/mol. The van der Waals surface area contributed by atoms with Crippen LogP contribution in [0.5, 0.6) is 0 Å². The summed E-state index contributed by atoms with van der Waals surface area (Å²) in [5.74, 6) is 0. The largest absolute Gasteiger partial charge is 0.328 e. The van der Waals surface area contributed by atoms with Crippen LogP contribution in [0.2, 0.25) is 0 Å². The predicted octanol–water partition coefficient (Wildman–Crippen LogP) is 2.59. The SMILES string of the molecule is CC.CN1CCC2(CC1)CC[N+](C)(C)CC2. The molecule has 96 valence electrons. The van der Waals surface area contributed by atoms with Crippen molar-refractivity contribution in [1.29, 1.82) is 0 Å². The number of rotatable bonds is 0. The van der Waals surface area contributed by atoms with E-state index in [0.29, 0.717) is 0 Å². The molecule has 0 aromatic heterocycles. The Morgan fingerprint density at radius 2 is 1.31 bits per heavy atom. The molecule has 0 saturated carbocycles. The number of hydrogen-bond donors (Lipinski definition) is 0. The summed E-state index contributed by atoms with van der Waals surface area (Å²) in [4.78, 5) is 2.49. The zero-order chi connectivity index (χ0) is 12.2. The minimum absolute atomic E-state index is 0.736. The Morgan fingerprint density at radius 1 is 0.875 bits per heavy atom. The molecule has 2 heteroatoms. The highest BCUT2D eigenvalue weighted by Crippen LogP contribution is 2.41. The van der Waals surface area contributed by atoms with Gasteiger partial charge in [-0.05, 0) is 38.4 Å². The summed E-state index contributed by atoms with van der Waals surface area (Å²) in [5, 5.41) is 0. The molecule has 2 rings (SSSR count). The first-order valence-corrected chi connectivity index (χ1v) is 7.02. The van der Waals surface area contributed by atoms with Gasteiger partial charge in [0.2, 0.25) is 0 Å². The van der Waals surface area contributed by atoms with E-state index in [2.05, 4.69) is 26.0 Å². The van der Waals surface area contributed by atoms with Crippen LogP contribution < -0.4 is 0 Å². The molecule has 0 aromatic carbocycles. The van der Waals surface area contributed by atoms with Gasteiger partial charge in [-0.2, -0.15) is 0 Å². The minimum atomic E-state index is 0.736. The van der Waals surface area contributed by atoms with Crippen molar-refractivity contribution in [3.63, 3.8) is 0 Å². The maximum absolute atomic E-state index is 2.49. The summed E-state index contributed by atoms with van der Waals surface area (Å²) >= 11 is 0. The normalized spacial score (nSPS) is 28.3. The van der Waals surface area contributed by atoms with Crippen molar-refractivity contribution in [3.8, 4) is 0 Å². The molecule has 2 aliphatic rings. The van der Waals surface area contributed by atoms with Gasteiger partial charge in [-0.3, -0.25) is 0 Å². The van der Waals surface area contributed by atoms with Crippen molar-refractivity contribution in [2.24, 2.45) is 5.41 Å². The third-order valence-electron chi connectivity index (χ3n) is 4.54. The van der Waals surface area contributed by atoms with Crippen molar-refractivity contribution in [3.05, 3.63) is 0 Å². The van der Waals surface area contributed by atoms with Gasteiger partial charge >= 0.3 is 0 Å². The second-order valence-electron chi connectivity index (χ2n) is 6.19. The van der Waals surface area contributed by atoms with Crippen molar-refractivity contribution in [1.82, 2.24) is 4.90 Å². The standard InChI is InChI=1S/C12H25N2.C2H6/c1-13-8-4-12(5-9-13)6-10-14(2,3)11-7-12;1-2/h4-11H2,1-3H3;1-2H3/q+1;. The van der Waals surface area contributed by atoms with E-state index in [0.717, 1.165) is 5.41 Å². The lowest BCUT2D eigenvalue weighted by molar-refractivity contribution is -0.897. The predicted molar refractivity (Wildman–Crippen MR) is 71.6 cm³/mol. The van der Waals surface area contributed by atoms with E-state index < -0.39 is 0 Å². The molecule has 0 bridgehead atoms. The summed E-state index contributed by atoms with van der Waals surface area (Å²) in [7, 11) is 7.01. The fraction of sp³-hybridized carbons (Fsp3) is 1.00. The van der Waals surface area contributed by atoms with Gasteiger partial charge in [-0.1, -0.05) is 13.8 Å². The number of nitrogens with zero attached hydrogens (tertiary/aromatic N) is 2. The second kappa shape index (κ2) is 5.50. The van der Waals surface area contributed by atoms with Gasteiger partial charge in [0.05, 0.1) is 27.2 Å². The molecule has 1 spiro atoms. The number of likely N-dealkylation sites (tertiary alicyclic amines) is 2. The molecule has 0 radical (unpaired) electrons. The first kappa shape index (κ1) is 14.0. The lowest BCUT2D eigenvalue weighted by atomic mass is 9.71. The summed E-state index contributed by atoms with van der Waals surface area (Å²) in [5.41, 5.74) is 0.736. The molecular formula is C14H31N2+. The van der Waals surface area contributed by atoms with Crippen LogP contribution in [0.4, 0.5) is 0 Å². The number of hydrogen-bond acceptors (Lipinski definition) is 1. The van der Waals surface area contributed by atoms with E-state index in [9.17, 15) is 0 Å². The Morgan fingerprint density at radius 3 is 1.75 bits per heavy atom. The van der Waals surface area contributed by atoms with Crippen LogP contribution in [0.15, 0.2) is 0 Å². The molecule has 0 unspecified atom stereocenters. The molecule has 0 aromatic rings. The van der Waals surface area contributed by atoms with E-state index in [1.165, 1.54) is 56.3 Å². The van der Waals surface area contributed by atoms with Crippen LogP contribution in [0.1, 0.15) is 39.5 Å². The third-order valence-corrected chi connectivity index (χ3v) is 4.54. The lowest BCUT2D eigenvalue weighted by Gasteiger charge is -2.48. The van der Waals surface area contributed by atoms with Gasteiger partial charge < -0.3 is 9.38 Å². The zero-order valence-corrected chi connectivity index (χ0v) is 12.1. The molecule has 0 atom stereocenters. The minimum Gasteiger partial charge on any atom is -0.328 e. The van der Waals surface area contributed by atoms with Gasteiger partial charge in [0.15, 0.2) is 0 Å². The van der Waals surface area contributed by atoms with Gasteiger partial charge in [0.1, 0.15) is 0 Å². The van der Waals surface area contributed by atoms with Crippen LogP contribution >= 0.6 is 0 Å². The van der Waals surface area contributed by atoms with E-state index in [4.69, 9.17) is 0 Å². The maximum atomic E-state index is 2.49. The van der Waals surface area contributed by atoms with E-state index in [1.54, 1.807) is 0 Å². The van der Waals surface area contributed by atoms with E-state index in [1.807, 2.05) is 13.8 Å². The number of piperidine rings is 2. The lowest BCUT2D eigenvalue weighted by Crippen LogP contribution is -2.52. The summed E-state index contributed by atoms with van der Waals surface area (Å²) in [6, 6.07) is 0. The molecule has 2 nitrogen and oxygen atoms in total. The topological polar surface area (TPSA) is 3.24 Å². The first-order valence-electron chi connectivity index (χ1n) is 7.02. The van der Waals surface area contributed by atoms with E-state index >= 15 is 0 Å². The Hall–Kier alpha value is -0.0800. The van der Waals surface area contributed by atoms with Gasteiger partial charge in [0, 0.05) is 12.8 Å². The first-order chi connectivity index (χ1) is 7.52. The van der Waals surface area contributed by atoms with Gasteiger partial charge in [-0.25, -0.2) is 0 Å². The summed E-state index contributed by atoms with van der Waals surface area (Å²) < 4.78 is 1.25. The smallest absolute Gasteiger partial charge is 0.0787 e. The molecule has 0 aliphatic carbocycles. The fourth-order valence-corrected chi connectivity index (χ4v) is 2.91. The second-order valence-corrected chi connectivity index (χ2v) is 6.19. The third kappa shape index (κ3) is 3.46. The Balaban J connectivity index is 0.000000606. The van der Waals surface area contributed by atoms with Crippen LogP contribution in [0.25, 0.3) is 0 Å². The zero-order valence-electron chi connectivity index (χ0n) is 12.1. The molecule has 0 N–H and O–H groups in total. The average Bonchev–Trinajstić information content (AvgIpc) is 2.30. The highest BCUT2D eigenvalue weighted by Gasteiger charge is 2.40. The molecule has 0 amide bonds. The van der Waals surface area contributed by atoms with Gasteiger partial charge in [0.25, 0.3) is 0 Å². The van der Waals surface area contributed by atoms with Crippen LogP contribution in [-0.4, -0.2) is 56.7 Å². The summed E-state index contributed by atoms with van der Waals surface area (Å²) in [6.07, 6.45) is 5.83. The maximum Gasteiger partial charge on any atom is 0.0787 e. The summed E-state index contributed by atoms with van der Waals surface area (Å²) in [6.45, 7) is 9.44. The van der Waals surface area contributed by atoms with Crippen LogP contribution in [0, 0.1) is 5.41 Å². The number of quaternary nitrogens is 1. The van der Waals surface area contributed by atoms with E-state index in [-0.39, 0.29) is 0 Å². The quantitative estimate of drug-likeness (QED) is 0.575. The highest BCUT2D eigenvalue weighted by atomic mass is 15.3. The van der Waals surface area contributed by atoms with Crippen LogP contribution in [-0.2, 0) is 0 Å². The molecule has 2 heterocycles. The van der Waals surface area contributed by atoms with Crippen LogP contribution in [0.3, 0.4) is 0 Å². The fourth-order valence-electron chi connectivity index (χ4n) is 2.91. The Bertz CT molecular complexity index is 191. The average molecular weight is 227 g/mol. The molecular weight excluding hydrogens is 196 g/mol. The molecule has 2 aliphatic heterocycles. The highest BCUT2D eigenvalue weighted by molar-refractivity contribution is 4.86. The molecule has 2 fully saturated rings. The van der Waals surface area contributed by atoms with Crippen molar-refractivity contribution < 1.29 is 4.48 Å². The van der Waals surface area contributed by atoms with Crippen molar-refractivity contribution in [2.75, 3.05) is 47.3 Å². The van der Waals surface area contributed by atoms with Gasteiger partial charge in [-0.15, -0.1) is 0 Å². The Kier molecular flexibility index (Phi) is 4.81. The molecule has 16 heavy (non-hydrogen) atoms. The Labute approximate surface area is 102 Å².